The van der Waals surface area contributed by atoms with Crippen molar-refractivity contribution >= 4 is 5.97 Å². The fourth-order valence-corrected chi connectivity index (χ4v) is 7.29. The van der Waals surface area contributed by atoms with Crippen LogP contribution in [0.2, 0.25) is 0 Å². The Hall–Kier alpha value is -1.03. The van der Waals surface area contributed by atoms with E-state index in [2.05, 4.69) is 6.92 Å². The maximum Gasteiger partial charge on any atom is 0.334 e. The van der Waals surface area contributed by atoms with Crippen LogP contribution in [-0.2, 0) is 19.0 Å². The topological polar surface area (TPSA) is 126 Å². The Bertz CT molecular complexity index is 833. The number of rotatable bonds is 25. The molecule has 45 heavy (non-hydrogen) atoms. The average molecular weight is 639 g/mol. The third-order valence-corrected chi connectivity index (χ3v) is 10.1. The first-order chi connectivity index (χ1) is 21.8. The van der Waals surface area contributed by atoms with Crippen molar-refractivity contribution in [3.8, 4) is 0 Å². The van der Waals surface area contributed by atoms with E-state index in [9.17, 15) is 25.2 Å². The molecule has 8 heteroatoms. The summed E-state index contributed by atoms with van der Waals surface area (Å²) in [5, 5.41) is 42.4. The molecular formula is C37H66O8. The second-order valence-electron chi connectivity index (χ2n) is 14.2. The van der Waals surface area contributed by atoms with Gasteiger partial charge in [-0.15, -0.1) is 0 Å². The van der Waals surface area contributed by atoms with Crippen LogP contribution in [0.1, 0.15) is 162 Å². The van der Waals surface area contributed by atoms with Crippen LogP contribution < -0.4 is 0 Å². The number of carbonyl (C=O) groups is 1. The molecule has 3 aliphatic heterocycles. The summed E-state index contributed by atoms with van der Waals surface area (Å²) in [5.41, 5.74) is 0.600. The maximum absolute atomic E-state index is 11.7. The van der Waals surface area contributed by atoms with Crippen LogP contribution in [0.4, 0.5) is 0 Å². The second kappa shape index (κ2) is 21.8. The molecule has 0 saturated carbocycles. The van der Waals surface area contributed by atoms with Gasteiger partial charge in [-0.25, -0.2) is 4.79 Å². The van der Waals surface area contributed by atoms with Crippen LogP contribution in [-0.4, -0.2) is 81.3 Å². The van der Waals surface area contributed by atoms with Crippen LogP contribution >= 0.6 is 0 Å². The van der Waals surface area contributed by atoms with Crippen LogP contribution in [0, 0.1) is 0 Å². The van der Waals surface area contributed by atoms with Crippen molar-refractivity contribution < 1.29 is 39.4 Å². The summed E-state index contributed by atoms with van der Waals surface area (Å²) in [7, 11) is 0. The molecule has 2 fully saturated rings. The Morgan fingerprint density at radius 1 is 0.667 bits per heavy atom. The Balaban J connectivity index is 1.16. The third-order valence-electron chi connectivity index (χ3n) is 10.1. The van der Waals surface area contributed by atoms with Crippen molar-refractivity contribution in [3.05, 3.63) is 11.6 Å². The number of carbonyl (C=O) groups excluding carboxylic acids is 1. The van der Waals surface area contributed by atoms with E-state index in [1.165, 1.54) is 38.5 Å². The van der Waals surface area contributed by atoms with Crippen LogP contribution in [0.5, 0.6) is 0 Å². The standard InChI is InChI=1S/C37H66O8/c1-3-4-5-6-7-8-12-15-18-31(39)35-23-24-36(45-35)33(41)21-20-32(40)34-22-19-30(44-34)17-14-11-9-10-13-16-29(38)26-28-25-27(2)43-37(28)42/h25,27,29-36,38-41H,3-24,26H2,1-2H3/t27-,29?,30?,31-,32+,33-,34+,35-,36-/m0/s1. The quantitative estimate of drug-likeness (QED) is 0.0634. The summed E-state index contributed by atoms with van der Waals surface area (Å²) in [6.45, 7) is 4.07. The highest BCUT2D eigenvalue weighted by atomic mass is 16.5. The van der Waals surface area contributed by atoms with Gasteiger partial charge in [-0.1, -0.05) is 90.4 Å². The fourth-order valence-electron chi connectivity index (χ4n) is 7.29. The lowest BCUT2D eigenvalue weighted by Crippen LogP contribution is -2.33. The molecule has 0 amide bonds. The predicted octanol–water partition coefficient (Wildman–Crippen LogP) is 6.83. The Labute approximate surface area is 273 Å². The number of hydrogen-bond donors (Lipinski definition) is 4. The Morgan fingerprint density at radius 3 is 1.78 bits per heavy atom. The summed E-state index contributed by atoms with van der Waals surface area (Å²) in [4.78, 5) is 11.7. The predicted molar refractivity (Wildman–Crippen MR) is 177 cm³/mol. The number of aliphatic hydroxyl groups is 4. The number of hydrogen-bond acceptors (Lipinski definition) is 8. The third kappa shape index (κ3) is 14.7. The molecule has 3 rings (SSSR count). The maximum atomic E-state index is 11.7. The lowest BCUT2D eigenvalue weighted by molar-refractivity contribution is -0.139. The van der Waals surface area contributed by atoms with Gasteiger partial charge in [-0.3, -0.25) is 0 Å². The van der Waals surface area contributed by atoms with Crippen molar-refractivity contribution in [3.63, 3.8) is 0 Å². The smallest absolute Gasteiger partial charge is 0.334 e. The van der Waals surface area contributed by atoms with Gasteiger partial charge in [0.15, 0.2) is 0 Å². The highest BCUT2D eigenvalue weighted by molar-refractivity contribution is 5.90. The number of unbranched alkanes of at least 4 members (excludes halogenated alkanes) is 11. The lowest BCUT2D eigenvalue weighted by atomic mass is 9.98. The van der Waals surface area contributed by atoms with Gasteiger partial charge < -0.3 is 34.6 Å². The lowest BCUT2D eigenvalue weighted by Gasteiger charge is -2.24. The molecule has 0 bridgehead atoms. The zero-order chi connectivity index (χ0) is 32.4. The van der Waals surface area contributed by atoms with Gasteiger partial charge in [0, 0.05) is 12.0 Å². The summed E-state index contributed by atoms with van der Waals surface area (Å²) < 4.78 is 17.3. The fraction of sp³-hybridized carbons (Fsp3) is 0.919. The van der Waals surface area contributed by atoms with Crippen LogP contribution in [0.25, 0.3) is 0 Å². The van der Waals surface area contributed by atoms with E-state index in [1.54, 1.807) is 6.08 Å². The van der Waals surface area contributed by atoms with Gasteiger partial charge in [0.25, 0.3) is 0 Å². The molecule has 3 aliphatic rings. The first kappa shape index (κ1) is 38.4. The van der Waals surface area contributed by atoms with E-state index >= 15 is 0 Å². The molecule has 0 aliphatic carbocycles. The summed E-state index contributed by atoms with van der Waals surface area (Å²) >= 11 is 0. The summed E-state index contributed by atoms with van der Waals surface area (Å²) in [6, 6.07) is 0. The average Bonchev–Trinajstić information content (AvgIpc) is 3.77. The number of cyclic esters (lactones) is 1. The molecule has 262 valence electrons. The Morgan fingerprint density at radius 2 is 1.18 bits per heavy atom. The van der Waals surface area contributed by atoms with Crippen LogP contribution in [0.15, 0.2) is 11.6 Å². The number of aliphatic hydroxyl groups excluding tert-OH is 4. The normalized spacial score (nSPS) is 27.8. The van der Waals surface area contributed by atoms with Crippen molar-refractivity contribution in [2.24, 2.45) is 0 Å². The highest BCUT2D eigenvalue weighted by Crippen LogP contribution is 2.31. The first-order valence-corrected chi connectivity index (χ1v) is 18.7. The van der Waals surface area contributed by atoms with Gasteiger partial charge in [-0.2, -0.15) is 0 Å². The molecule has 3 heterocycles. The Kier molecular flexibility index (Phi) is 18.6. The number of esters is 1. The zero-order valence-electron chi connectivity index (χ0n) is 28.5. The summed E-state index contributed by atoms with van der Waals surface area (Å²) in [6.07, 6.45) is 21.6. The minimum Gasteiger partial charge on any atom is -0.455 e. The molecule has 2 unspecified atom stereocenters. The van der Waals surface area contributed by atoms with Gasteiger partial charge in [0.05, 0.1) is 48.8 Å². The highest BCUT2D eigenvalue weighted by Gasteiger charge is 2.36. The SMILES string of the molecule is CCCCCCCCCC[C@H](O)[C@@H]1CC[C@@H]([C@@H](O)CC[C@@H](O)[C@H]2CCC(CCCCCCCC(O)CC3=C[C@H](C)OC3=O)O2)O1. The van der Waals surface area contributed by atoms with E-state index < -0.39 is 24.4 Å². The largest absolute Gasteiger partial charge is 0.455 e. The molecule has 0 radical (unpaired) electrons. The van der Waals surface area contributed by atoms with Gasteiger partial charge >= 0.3 is 5.97 Å². The van der Waals surface area contributed by atoms with E-state index in [4.69, 9.17) is 14.2 Å². The van der Waals surface area contributed by atoms with Crippen molar-refractivity contribution in [2.45, 2.75) is 216 Å². The molecule has 0 aromatic rings. The molecule has 0 aromatic carbocycles. The zero-order valence-corrected chi connectivity index (χ0v) is 28.5. The molecule has 4 N–H and O–H groups in total. The minimum atomic E-state index is -0.627. The van der Waals surface area contributed by atoms with E-state index in [0.29, 0.717) is 31.3 Å². The molecule has 2 saturated heterocycles. The first-order valence-electron chi connectivity index (χ1n) is 18.7. The van der Waals surface area contributed by atoms with Gasteiger partial charge in [-0.05, 0) is 70.8 Å². The number of ether oxygens (including phenoxy) is 3. The molecule has 8 nitrogen and oxygen atoms in total. The molecule has 9 atom stereocenters. The van der Waals surface area contributed by atoms with Crippen molar-refractivity contribution in [1.82, 2.24) is 0 Å². The van der Waals surface area contributed by atoms with Crippen LogP contribution in [0.3, 0.4) is 0 Å². The van der Waals surface area contributed by atoms with Crippen molar-refractivity contribution in [2.75, 3.05) is 0 Å². The van der Waals surface area contributed by atoms with E-state index in [0.717, 1.165) is 83.5 Å². The van der Waals surface area contributed by atoms with E-state index in [-0.39, 0.29) is 36.5 Å². The second-order valence-corrected chi connectivity index (χ2v) is 14.2. The molecular weight excluding hydrogens is 572 g/mol. The van der Waals surface area contributed by atoms with E-state index in [1.807, 2.05) is 6.92 Å². The van der Waals surface area contributed by atoms with Gasteiger partial charge in [0.1, 0.15) is 6.10 Å². The minimum absolute atomic E-state index is 0.162. The van der Waals surface area contributed by atoms with Crippen molar-refractivity contribution in [1.29, 1.82) is 0 Å². The summed E-state index contributed by atoms with van der Waals surface area (Å²) in [5.74, 6) is -0.295. The molecule has 0 spiro atoms. The van der Waals surface area contributed by atoms with Gasteiger partial charge in [0.2, 0.25) is 0 Å². The monoisotopic (exact) mass is 638 g/mol. The molecule has 0 aromatic heterocycles.